The Bertz CT molecular complexity index is 1670. The molecule has 3 aromatic rings. The van der Waals surface area contributed by atoms with E-state index in [4.69, 9.17) is 14.2 Å². The fourth-order valence-corrected chi connectivity index (χ4v) is 6.96. The van der Waals surface area contributed by atoms with Crippen molar-refractivity contribution in [3.63, 3.8) is 0 Å². The van der Waals surface area contributed by atoms with E-state index < -0.39 is 28.8 Å². The first-order valence-electron chi connectivity index (χ1n) is 13.7. The summed E-state index contributed by atoms with van der Waals surface area (Å²) in [6.45, 7) is 5.64. The fourth-order valence-electron chi connectivity index (χ4n) is 6.96. The summed E-state index contributed by atoms with van der Waals surface area (Å²) in [6, 6.07) is 16.7. The van der Waals surface area contributed by atoms with Gasteiger partial charge in [-0.25, -0.2) is 0 Å². The van der Waals surface area contributed by atoms with Crippen molar-refractivity contribution in [2.45, 2.75) is 38.3 Å². The Balaban J connectivity index is 1.51. The van der Waals surface area contributed by atoms with Crippen molar-refractivity contribution in [1.82, 2.24) is 0 Å². The average molecular weight is 551 g/mol. The zero-order chi connectivity index (χ0) is 28.7. The van der Waals surface area contributed by atoms with Gasteiger partial charge < -0.3 is 24.4 Å². The molecule has 1 fully saturated rings. The van der Waals surface area contributed by atoms with E-state index in [1.54, 1.807) is 25.3 Å². The number of ether oxygens (including phenoxy) is 3. The molecule has 208 valence electrons. The van der Waals surface area contributed by atoms with Crippen LogP contribution in [0.25, 0.3) is 6.08 Å². The van der Waals surface area contributed by atoms with Crippen LogP contribution in [0.4, 0.5) is 11.4 Å². The second kappa shape index (κ2) is 8.70. The van der Waals surface area contributed by atoms with E-state index in [0.717, 1.165) is 11.3 Å². The molecule has 0 saturated carbocycles. The Labute approximate surface area is 237 Å². The third-order valence-corrected chi connectivity index (χ3v) is 8.79. The minimum Gasteiger partial charge on any atom is -0.497 e. The zero-order valence-electron chi connectivity index (χ0n) is 23.3. The number of anilines is 2. The van der Waals surface area contributed by atoms with Gasteiger partial charge in [0.25, 0.3) is 0 Å². The van der Waals surface area contributed by atoms with Crippen LogP contribution in [0.2, 0.25) is 0 Å². The average Bonchev–Trinajstić information content (AvgIpc) is 3.64. The lowest BCUT2D eigenvalue weighted by Crippen LogP contribution is -2.51. The highest BCUT2D eigenvalue weighted by Gasteiger charge is 2.70. The molecule has 4 atom stereocenters. The molecule has 1 N–H and O–H groups in total. The largest absolute Gasteiger partial charge is 0.497 e. The maximum Gasteiger partial charge on any atom is 0.238 e. The second-order valence-electron chi connectivity index (χ2n) is 12.0. The van der Waals surface area contributed by atoms with E-state index in [1.165, 1.54) is 0 Å². The van der Waals surface area contributed by atoms with Crippen LogP contribution in [0.1, 0.15) is 42.3 Å². The summed E-state index contributed by atoms with van der Waals surface area (Å²) in [5.41, 5.74) is 1.20. The van der Waals surface area contributed by atoms with Gasteiger partial charge in [0, 0.05) is 27.9 Å². The number of methoxy groups -OCH3 is 1. The van der Waals surface area contributed by atoms with Crippen molar-refractivity contribution in [1.29, 1.82) is 0 Å². The topological polar surface area (TPSA) is 94.2 Å². The number of ketones is 2. The predicted molar refractivity (Wildman–Crippen MR) is 154 cm³/mol. The number of nitrogens with zero attached hydrogens (tertiary/aromatic N) is 1. The SMILES string of the molecule is COc1ccc2c(c1)C=CC1N2C(C(=O)C(C)(C)C)C(C(=O)c2ccc3c(c2)OCO3)C12C(=O)Nc1ccccc12. The van der Waals surface area contributed by atoms with E-state index in [1.807, 2.05) is 80.3 Å². The molecule has 1 saturated heterocycles. The second-order valence-corrected chi connectivity index (χ2v) is 12.0. The molecular weight excluding hydrogens is 520 g/mol. The number of hydrogen-bond acceptors (Lipinski definition) is 7. The predicted octanol–water partition coefficient (Wildman–Crippen LogP) is 5.01. The Morgan fingerprint density at radius 2 is 1.80 bits per heavy atom. The number of Topliss-reactive ketones (excluding diaryl/α,β-unsaturated/α-hetero) is 2. The smallest absolute Gasteiger partial charge is 0.238 e. The molecule has 41 heavy (non-hydrogen) atoms. The summed E-state index contributed by atoms with van der Waals surface area (Å²) in [5.74, 6) is -0.0376. The molecule has 1 amide bonds. The van der Waals surface area contributed by atoms with E-state index in [2.05, 4.69) is 5.32 Å². The lowest BCUT2D eigenvalue weighted by atomic mass is 9.63. The summed E-state index contributed by atoms with van der Waals surface area (Å²) in [6.07, 6.45) is 3.92. The van der Waals surface area contributed by atoms with Crippen molar-refractivity contribution in [3.8, 4) is 17.2 Å². The van der Waals surface area contributed by atoms with Gasteiger partial charge in [0.1, 0.15) is 17.2 Å². The molecule has 4 aliphatic heterocycles. The molecule has 0 aromatic heterocycles. The maximum absolute atomic E-state index is 14.9. The molecule has 3 aromatic carbocycles. The molecule has 0 radical (unpaired) electrons. The molecule has 8 heteroatoms. The molecule has 4 aliphatic rings. The zero-order valence-corrected chi connectivity index (χ0v) is 23.3. The lowest BCUT2D eigenvalue weighted by Gasteiger charge is -2.38. The highest BCUT2D eigenvalue weighted by molar-refractivity contribution is 6.17. The molecule has 0 aliphatic carbocycles. The molecule has 4 unspecified atom stereocenters. The minimum absolute atomic E-state index is 0.0716. The summed E-state index contributed by atoms with van der Waals surface area (Å²) >= 11 is 0. The van der Waals surface area contributed by atoms with Gasteiger partial charge in [-0.3, -0.25) is 14.4 Å². The summed E-state index contributed by atoms with van der Waals surface area (Å²) in [5, 5.41) is 3.05. The first kappa shape index (κ1) is 25.4. The Morgan fingerprint density at radius 1 is 1.02 bits per heavy atom. The first-order chi connectivity index (χ1) is 19.7. The number of benzene rings is 3. The van der Waals surface area contributed by atoms with E-state index in [9.17, 15) is 14.4 Å². The standard InChI is InChI=1S/C33H30N2O6/c1-32(2,3)30(37)28-27(29(36)19-9-13-24-25(16-19)41-17-40-24)33(21-7-5-6-8-22(21)34-31(33)38)26-14-10-18-15-20(39-4)11-12-23(18)35(26)28/h5-16,26-28H,17H2,1-4H3,(H,34,38). The van der Waals surface area contributed by atoms with E-state index in [0.29, 0.717) is 34.1 Å². The maximum atomic E-state index is 14.9. The van der Waals surface area contributed by atoms with Crippen molar-refractivity contribution < 1.29 is 28.6 Å². The van der Waals surface area contributed by atoms with E-state index in [-0.39, 0.29) is 24.3 Å². The third kappa shape index (κ3) is 3.43. The van der Waals surface area contributed by atoms with Crippen LogP contribution < -0.4 is 24.4 Å². The summed E-state index contributed by atoms with van der Waals surface area (Å²) in [7, 11) is 1.60. The number of rotatable bonds is 4. The highest BCUT2D eigenvalue weighted by Crippen LogP contribution is 2.58. The minimum atomic E-state index is -1.36. The number of nitrogens with one attached hydrogen (secondary N) is 1. The van der Waals surface area contributed by atoms with Crippen molar-refractivity contribution in [3.05, 3.63) is 83.4 Å². The van der Waals surface area contributed by atoms with Crippen LogP contribution in [0.3, 0.4) is 0 Å². The molecule has 7 rings (SSSR count). The van der Waals surface area contributed by atoms with Gasteiger partial charge in [0.2, 0.25) is 12.7 Å². The van der Waals surface area contributed by atoms with Crippen molar-refractivity contribution in [2.24, 2.45) is 11.3 Å². The summed E-state index contributed by atoms with van der Waals surface area (Å²) in [4.78, 5) is 45.8. The molecule has 0 bridgehead atoms. The molecule has 8 nitrogen and oxygen atoms in total. The van der Waals surface area contributed by atoms with Crippen LogP contribution in [0, 0.1) is 11.3 Å². The van der Waals surface area contributed by atoms with Crippen LogP contribution in [-0.2, 0) is 15.0 Å². The monoisotopic (exact) mass is 550 g/mol. The van der Waals surface area contributed by atoms with Crippen LogP contribution >= 0.6 is 0 Å². The lowest BCUT2D eigenvalue weighted by molar-refractivity contribution is -0.128. The summed E-state index contributed by atoms with van der Waals surface area (Å²) < 4.78 is 16.5. The Morgan fingerprint density at radius 3 is 2.59 bits per heavy atom. The quantitative estimate of drug-likeness (QED) is 0.457. The van der Waals surface area contributed by atoms with Crippen LogP contribution in [-0.4, -0.2) is 43.5 Å². The van der Waals surface area contributed by atoms with Gasteiger partial charge in [-0.2, -0.15) is 0 Å². The Hall–Kier alpha value is -4.59. The number of fused-ring (bicyclic) bond motifs is 7. The van der Waals surface area contributed by atoms with Gasteiger partial charge >= 0.3 is 0 Å². The van der Waals surface area contributed by atoms with Gasteiger partial charge in [-0.05, 0) is 48.0 Å². The highest BCUT2D eigenvalue weighted by atomic mass is 16.7. The van der Waals surface area contributed by atoms with E-state index >= 15 is 0 Å². The van der Waals surface area contributed by atoms with Crippen molar-refractivity contribution >= 4 is 34.9 Å². The third-order valence-electron chi connectivity index (χ3n) is 8.79. The number of hydrogen-bond donors (Lipinski definition) is 1. The number of carbonyl (C=O) groups is 3. The number of carbonyl (C=O) groups excluding carboxylic acids is 3. The van der Waals surface area contributed by atoms with Crippen molar-refractivity contribution in [2.75, 3.05) is 24.1 Å². The number of amides is 1. The molecule has 1 spiro atoms. The Kier molecular flexibility index (Phi) is 5.39. The van der Waals surface area contributed by atoms with Gasteiger partial charge in [-0.1, -0.05) is 51.1 Å². The molecular formula is C33H30N2O6. The first-order valence-corrected chi connectivity index (χ1v) is 13.7. The molecule has 4 heterocycles. The fraction of sp³-hybridized carbons (Fsp3) is 0.303. The van der Waals surface area contributed by atoms with Gasteiger partial charge in [0.15, 0.2) is 23.1 Å². The van der Waals surface area contributed by atoms with Crippen LogP contribution in [0.5, 0.6) is 17.2 Å². The normalized spacial score (nSPS) is 25.0. The van der Waals surface area contributed by atoms with Gasteiger partial charge in [-0.15, -0.1) is 0 Å². The van der Waals surface area contributed by atoms with Crippen LogP contribution in [0.15, 0.2) is 66.7 Å². The van der Waals surface area contributed by atoms with Gasteiger partial charge in [0.05, 0.1) is 19.1 Å². The number of para-hydroxylation sites is 1.